The van der Waals surface area contributed by atoms with Gasteiger partial charge >= 0.3 is 0 Å². The van der Waals surface area contributed by atoms with Gasteiger partial charge in [-0.2, -0.15) is 0 Å². The maximum atomic E-state index is 14.4. The van der Waals surface area contributed by atoms with E-state index < -0.39 is 0 Å². The molecule has 0 saturated carbocycles. The maximum absolute atomic E-state index is 14.4. The van der Waals surface area contributed by atoms with Gasteiger partial charge in [0, 0.05) is 27.9 Å². The summed E-state index contributed by atoms with van der Waals surface area (Å²) in [5.74, 6) is 0.283. The number of rotatable bonds is 4. The molecule has 42 heavy (non-hydrogen) atoms. The van der Waals surface area contributed by atoms with E-state index in [1.54, 1.807) is 12.3 Å². The Balaban J connectivity index is 1.25. The normalized spacial score (nSPS) is 11.5. The van der Waals surface area contributed by atoms with Crippen LogP contribution in [0.25, 0.3) is 72.0 Å². The van der Waals surface area contributed by atoms with E-state index in [1.165, 1.54) is 17.2 Å². The zero-order valence-corrected chi connectivity index (χ0v) is 22.6. The molecule has 4 heteroatoms. The Bertz CT molecular complexity index is 2250. The summed E-state index contributed by atoms with van der Waals surface area (Å²) in [6.45, 7) is 0. The van der Waals surface area contributed by atoms with Crippen LogP contribution in [0.3, 0.4) is 0 Å². The fourth-order valence-electron chi connectivity index (χ4n) is 5.92. The van der Waals surface area contributed by atoms with Crippen LogP contribution in [0, 0.1) is 5.82 Å². The van der Waals surface area contributed by atoms with Gasteiger partial charge in [0.2, 0.25) is 5.95 Å². The van der Waals surface area contributed by atoms with Gasteiger partial charge in [-0.1, -0.05) is 109 Å². The first-order chi connectivity index (χ1) is 20.7. The second-order valence-corrected chi connectivity index (χ2v) is 10.4. The molecule has 8 rings (SSSR count). The molecule has 0 radical (unpaired) electrons. The van der Waals surface area contributed by atoms with Gasteiger partial charge < -0.3 is 0 Å². The second-order valence-electron chi connectivity index (χ2n) is 10.4. The Hall–Kier alpha value is -5.61. The molecule has 0 atom stereocenters. The summed E-state index contributed by atoms with van der Waals surface area (Å²) >= 11 is 0. The third-order valence-electron chi connectivity index (χ3n) is 7.94. The molecule has 3 nitrogen and oxygen atoms in total. The van der Waals surface area contributed by atoms with Crippen LogP contribution in [-0.4, -0.2) is 14.5 Å². The molecule has 2 aromatic heterocycles. The first-order valence-electron chi connectivity index (χ1n) is 13.9. The summed E-state index contributed by atoms with van der Waals surface area (Å²) in [4.78, 5) is 9.78. The summed E-state index contributed by atoms with van der Waals surface area (Å²) in [6.07, 6.45) is 1.80. The third-order valence-corrected chi connectivity index (χ3v) is 7.94. The maximum Gasteiger partial charge on any atom is 0.235 e. The number of hydrogen-bond donors (Lipinski definition) is 0. The Morgan fingerprint density at radius 2 is 1.21 bits per heavy atom. The van der Waals surface area contributed by atoms with Gasteiger partial charge in [-0.25, -0.2) is 14.4 Å². The average Bonchev–Trinajstić information content (AvgIpc) is 3.39. The Morgan fingerprint density at radius 3 is 2.07 bits per heavy atom. The molecule has 8 aromatic rings. The summed E-state index contributed by atoms with van der Waals surface area (Å²) < 4.78 is 16.5. The van der Waals surface area contributed by atoms with Crippen molar-refractivity contribution in [1.82, 2.24) is 14.5 Å². The minimum absolute atomic E-state index is 0.266. The van der Waals surface area contributed by atoms with Crippen molar-refractivity contribution in [2.45, 2.75) is 0 Å². The van der Waals surface area contributed by atoms with Crippen LogP contribution < -0.4 is 0 Å². The van der Waals surface area contributed by atoms with E-state index in [9.17, 15) is 4.39 Å². The topological polar surface area (TPSA) is 30.7 Å². The fraction of sp³-hybridized carbons (Fsp3) is 0. The predicted octanol–water partition coefficient (Wildman–Crippen LogP) is 9.87. The van der Waals surface area contributed by atoms with Crippen LogP contribution in [0.15, 0.2) is 146 Å². The van der Waals surface area contributed by atoms with Crippen molar-refractivity contribution in [3.05, 3.63) is 152 Å². The second kappa shape index (κ2) is 9.79. The molecule has 0 aliphatic rings. The fourth-order valence-corrected chi connectivity index (χ4v) is 5.92. The first kappa shape index (κ1) is 24.2. The smallest absolute Gasteiger partial charge is 0.235 e. The highest BCUT2D eigenvalue weighted by molar-refractivity contribution is 6.18. The minimum atomic E-state index is -0.266. The lowest BCUT2D eigenvalue weighted by atomic mass is 9.98. The number of hydrogen-bond acceptors (Lipinski definition) is 2. The van der Waals surface area contributed by atoms with E-state index in [2.05, 4.69) is 102 Å². The van der Waals surface area contributed by atoms with Crippen molar-refractivity contribution >= 4 is 32.6 Å². The molecule has 0 aliphatic heterocycles. The van der Waals surface area contributed by atoms with E-state index in [-0.39, 0.29) is 5.82 Å². The van der Waals surface area contributed by atoms with Crippen LogP contribution in [0.1, 0.15) is 0 Å². The highest BCUT2D eigenvalue weighted by atomic mass is 19.1. The van der Waals surface area contributed by atoms with Gasteiger partial charge in [0.05, 0.1) is 16.7 Å². The lowest BCUT2D eigenvalue weighted by Crippen LogP contribution is -2.02. The lowest BCUT2D eigenvalue weighted by Gasteiger charge is -2.11. The van der Waals surface area contributed by atoms with Crippen molar-refractivity contribution in [3.8, 4) is 39.5 Å². The molecule has 0 spiro atoms. The molecule has 0 saturated heterocycles. The first-order valence-corrected chi connectivity index (χ1v) is 13.9. The van der Waals surface area contributed by atoms with Crippen LogP contribution >= 0.6 is 0 Å². The lowest BCUT2D eigenvalue weighted by molar-refractivity contribution is 0.629. The highest BCUT2D eigenvalue weighted by Gasteiger charge is 2.17. The SMILES string of the molecule is Fc1ccc2c(c1)c1ccc3ccccc3c1n2-c1nccc(-c2cccc(-c3ccc(-c4ccccc4)cc3)c2)n1. The van der Waals surface area contributed by atoms with E-state index in [4.69, 9.17) is 9.97 Å². The van der Waals surface area contributed by atoms with Gasteiger partial charge in [0.15, 0.2) is 0 Å². The Labute approximate surface area is 242 Å². The third kappa shape index (κ3) is 4.04. The number of halogens is 1. The van der Waals surface area contributed by atoms with E-state index in [0.717, 1.165) is 55.0 Å². The molecule has 2 heterocycles. The molecule has 0 fully saturated rings. The summed E-state index contributed by atoms with van der Waals surface area (Å²) in [7, 11) is 0. The van der Waals surface area contributed by atoms with Gasteiger partial charge in [0.1, 0.15) is 5.82 Å². The average molecular weight is 542 g/mol. The van der Waals surface area contributed by atoms with Crippen LogP contribution in [0.2, 0.25) is 0 Å². The quantitative estimate of drug-likeness (QED) is 0.222. The number of fused-ring (bicyclic) bond motifs is 5. The largest absolute Gasteiger partial charge is 0.277 e. The Morgan fingerprint density at radius 1 is 0.500 bits per heavy atom. The van der Waals surface area contributed by atoms with Gasteiger partial charge in [-0.15, -0.1) is 0 Å². The summed E-state index contributed by atoms with van der Waals surface area (Å²) in [5.41, 5.74) is 8.30. The molecular weight excluding hydrogens is 517 g/mol. The Kier molecular flexibility index (Phi) is 5.64. The predicted molar refractivity (Wildman–Crippen MR) is 170 cm³/mol. The molecule has 0 aliphatic carbocycles. The highest BCUT2D eigenvalue weighted by Crippen LogP contribution is 2.36. The van der Waals surface area contributed by atoms with Crippen molar-refractivity contribution in [2.75, 3.05) is 0 Å². The zero-order valence-electron chi connectivity index (χ0n) is 22.6. The van der Waals surface area contributed by atoms with Crippen molar-refractivity contribution in [3.63, 3.8) is 0 Å². The van der Waals surface area contributed by atoms with Crippen molar-refractivity contribution in [1.29, 1.82) is 0 Å². The van der Waals surface area contributed by atoms with E-state index in [0.29, 0.717) is 5.95 Å². The number of nitrogens with zero attached hydrogens (tertiary/aromatic N) is 3. The number of benzene rings is 6. The van der Waals surface area contributed by atoms with Gasteiger partial charge in [0.25, 0.3) is 0 Å². The number of aromatic nitrogens is 3. The van der Waals surface area contributed by atoms with Crippen molar-refractivity contribution in [2.24, 2.45) is 0 Å². The molecule has 0 amide bonds. The van der Waals surface area contributed by atoms with Crippen molar-refractivity contribution < 1.29 is 4.39 Å². The molecule has 0 bridgehead atoms. The zero-order chi connectivity index (χ0) is 28.0. The van der Waals surface area contributed by atoms with Crippen LogP contribution in [0.4, 0.5) is 4.39 Å². The van der Waals surface area contributed by atoms with Gasteiger partial charge in [-0.3, -0.25) is 4.57 Å². The minimum Gasteiger partial charge on any atom is -0.277 e. The van der Waals surface area contributed by atoms with Crippen LogP contribution in [0.5, 0.6) is 0 Å². The molecule has 6 aromatic carbocycles. The molecule has 0 N–H and O–H groups in total. The summed E-state index contributed by atoms with van der Waals surface area (Å²) in [6, 6.07) is 46.7. The molecular formula is C38H24FN3. The summed E-state index contributed by atoms with van der Waals surface area (Å²) in [5, 5.41) is 3.99. The van der Waals surface area contributed by atoms with Crippen LogP contribution in [-0.2, 0) is 0 Å². The van der Waals surface area contributed by atoms with E-state index in [1.807, 2.05) is 30.3 Å². The molecule has 0 unspecified atom stereocenters. The van der Waals surface area contributed by atoms with Gasteiger partial charge in [-0.05, 0) is 58.0 Å². The standard InChI is InChI=1S/C38H24FN3/c39-31-18-20-36-34(24-31)33-19-17-28-9-4-5-12-32(28)37(33)42(36)38-40-22-21-35(41-38)30-11-6-10-29(23-30)27-15-13-26(14-16-27)25-7-2-1-3-8-25/h1-24H. The molecule has 198 valence electrons. The monoisotopic (exact) mass is 541 g/mol. The van der Waals surface area contributed by atoms with E-state index >= 15 is 0 Å².